The highest BCUT2D eigenvalue weighted by Crippen LogP contribution is 2.31. The van der Waals surface area contributed by atoms with Gasteiger partial charge in [0.05, 0.1) is 6.20 Å². The molecule has 0 radical (unpaired) electrons. The zero-order chi connectivity index (χ0) is 10.8. The maximum absolute atomic E-state index is 4.26. The van der Waals surface area contributed by atoms with E-state index in [1.807, 2.05) is 17.9 Å². The molecule has 3 nitrogen and oxygen atoms in total. The van der Waals surface area contributed by atoms with Gasteiger partial charge in [0.15, 0.2) is 0 Å². The minimum atomic E-state index is 0.612. The highest BCUT2D eigenvalue weighted by atomic mass is 15.3. The Balaban J connectivity index is 2.07. The first-order chi connectivity index (χ1) is 7.16. The fourth-order valence-corrected chi connectivity index (χ4v) is 2.50. The Morgan fingerprint density at radius 2 is 2.33 bits per heavy atom. The van der Waals surface area contributed by atoms with Gasteiger partial charge in [-0.15, -0.1) is 0 Å². The molecule has 0 aromatic carbocycles. The molecular weight excluding hydrogens is 186 g/mol. The van der Waals surface area contributed by atoms with Gasteiger partial charge in [0.2, 0.25) is 0 Å². The van der Waals surface area contributed by atoms with Crippen LogP contribution in [0.5, 0.6) is 0 Å². The van der Waals surface area contributed by atoms with Gasteiger partial charge in [0, 0.05) is 31.4 Å². The Morgan fingerprint density at radius 1 is 1.53 bits per heavy atom. The quantitative estimate of drug-likeness (QED) is 0.757. The summed E-state index contributed by atoms with van der Waals surface area (Å²) in [5, 5.41) is 4.26. The van der Waals surface area contributed by atoms with Gasteiger partial charge in [-0.3, -0.25) is 9.58 Å². The van der Waals surface area contributed by atoms with Crippen LogP contribution in [0.15, 0.2) is 12.4 Å². The smallest absolute Gasteiger partial charge is 0.0537 e. The predicted octanol–water partition coefficient (Wildman–Crippen LogP) is 2.21. The predicted molar refractivity (Wildman–Crippen MR) is 61.6 cm³/mol. The van der Waals surface area contributed by atoms with Crippen molar-refractivity contribution in [3.05, 3.63) is 18.0 Å². The van der Waals surface area contributed by atoms with Crippen molar-refractivity contribution in [3.63, 3.8) is 0 Å². The molecule has 0 aliphatic carbocycles. The van der Waals surface area contributed by atoms with E-state index in [0.29, 0.717) is 6.04 Å². The Hall–Kier alpha value is -0.830. The van der Waals surface area contributed by atoms with Gasteiger partial charge in [-0.2, -0.15) is 5.10 Å². The molecule has 0 saturated carbocycles. The summed E-state index contributed by atoms with van der Waals surface area (Å²) in [7, 11) is 1.99. The highest BCUT2D eigenvalue weighted by Gasteiger charge is 2.26. The van der Waals surface area contributed by atoms with Gasteiger partial charge in [-0.25, -0.2) is 0 Å². The van der Waals surface area contributed by atoms with Crippen molar-refractivity contribution < 1.29 is 0 Å². The zero-order valence-corrected chi connectivity index (χ0v) is 9.98. The first-order valence-corrected chi connectivity index (χ1v) is 5.89. The van der Waals surface area contributed by atoms with E-state index in [4.69, 9.17) is 0 Å². The maximum atomic E-state index is 4.26. The van der Waals surface area contributed by atoms with Crippen LogP contribution in [0.4, 0.5) is 0 Å². The molecule has 2 rings (SSSR count). The molecule has 0 amide bonds. The van der Waals surface area contributed by atoms with Gasteiger partial charge in [-0.1, -0.05) is 13.8 Å². The van der Waals surface area contributed by atoms with E-state index in [-0.39, 0.29) is 0 Å². The van der Waals surface area contributed by atoms with Crippen molar-refractivity contribution >= 4 is 0 Å². The van der Waals surface area contributed by atoms with E-state index >= 15 is 0 Å². The molecule has 84 valence electrons. The average molecular weight is 207 g/mol. The second kappa shape index (κ2) is 4.35. The van der Waals surface area contributed by atoms with Crippen LogP contribution in [-0.2, 0) is 7.05 Å². The van der Waals surface area contributed by atoms with Gasteiger partial charge < -0.3 is 0 Å². The van der Waals surface area contributed by atoms with E-state index in [1.165, 1.54) is 31.5 Å². The second-order valence-electron chi connectivity index (χ2n) is 4.99. The largest absolute Gasteiger partial charge is 0.296 e. The number of likely N-dealkylation sites (tertiary alicyclic amines) is 1. The van der Waals surface area contributed by atoms with Gasteiger partial charge >= 0.3 is 0 Å². The molecule has 1 fully saturated rings. The third-order valence-corrected chi connectivity index (χ3v) is 3.07. The standard InChI is InChI=1S/C12H21N3/c1-10(2)8-15-6-4-5-12(15)11-7-13-14(3)9-11/h7,9-10,12H,4-6,8H2,1-3H3/t12-/m1/s1. The van der Waals surface area contributed by atoms with E-state index in [2.05, 4.69) is 30.0 Å². The van der Waals surface area contributed by atoms with Crippen LogP contribution in [0.2, 0.25) is 0 Å². The number of aryl methyl sites for hydroxylation is 1. The van der Waals surface area contributed by atoms with Crippen LogP contribution >= 0.6 is 0 Å². The molecule has 1 atom stereocenters. The van der Waals surface area contributed by atoms with Gasteiger partial charge in [-0.05, 0) is 25.3 Å². The van der Waals surface area contributed by atoms with Crippen LogP contribution in [0, 0.1) is 5.92 Å². The third-order valence-electron chi connectivity index (χ3n) is 3.07. The Labute approximate surface area is 92.1 Å². The number of nitrogens with zero attached hydrogens (tertiary/aromatic N) is 3. The minimum Gasteiger partial charge on any atom is -0.296 e. The summed E-state index contributed by atoms with van der Waals surface area (Å²) in [5.41, 5.74) is 1.38. The van der Waals surface area contributed by atoms with Crippen molar-refractivity contribution in [2.24, 2.45) is 13.0 Å². The zero-order valence-electron chi connectivity index (χ0n) is 9.98. The lowest BCUT2D eigenvalue weighted by Gasteiger charge is -2.25. The minimum absolute atomic E-state index is 0.612. The molecular formula is C12H21N3. The van der Waals surface area contributed by atoms with E-state index < -0.39 is 0 Å². The molecule has 1 aliphatic heterocycles. The average Bonchev–Trinajstić information content (AvgIpc) is 2.72. The Morgan fingerprint density at radius 3 is 2.93 bits per heavy atom. The van der Waals surface area contributed by atoms with Crippen LogP contribution in [-0.4, -0.2) is 27.8 Å². The van der Waals surface area contributed by atoms with Crippen molar-refractivity contribution in [1.82, 2.24) is 14.7 Å². The van der Waals surface area contributed by atoms with Crippen LogP contribution in [0.3, 0.4) is 0 Å². The monoisotopic (exact) mass is 207 g/mol. The molecule has 3 heteroatoms. The van der Waals surface area contributed by atoms with E-state index in [9.17, 15) is 0 Å². The van der Waals surface area contributed by atoms with Crippen LogP contribution in [0.25, 0.3) is 0 Å². The number of aromatic nitrogens is 2. The summed E-state index contributed by atoms with van der Waals surface area (Å²) in [6.45, 7) is 7.04. The second-order valence-corrected chi connectivity index (χ2v) is 4.99. The molecule has 1 aromatic heterocycles. The van der Waals surface area contributed by atoms with E-state index in [1.54, 1.807) is 0 Å². The normalized spacial score (nSPS) is 22.8. The third kappa shape index (κ3) is 2.40. The molecule has 0 spiro atoms. The van der Waals surface area contributed by atoms with E-state index in [0.717, 1.165) is 5.92 Å². The van der Waals surface area contributed by atoms with Crippen LogP contribution < -0.4 is 0 Å². The molecule has 2 heterocycles. The van der Waals surface area contributed by atoms with Crippen molar-refractivity contribution in [2.75, 3.05) is 13.1 Å². The number of hydrogen-bond acceptors (Lipinski definition) is 2. The molecule has 15 heavy (non-hydrogen) atoms. The molecule has 1 aromatic rings. The number of hydrogen-bond donors (Lipinski definition) is 0. The first kappa shape index (κ1) is 10.7. The summed E-state index contributed by atoms with van der Waals surface area (Å²) in [4.78, 5) is 2.60. The van der Waals surface area contributed by atoms with Gasteiger partial charge in [0.25, 0.3) is 0 Å². The summed E-state index contributed by atoms with van der Waals surface area (Å²) < 4.78 is 1.90. The molecule has 0 unspecified atom stereocenters. The summed E-state index contributed by atoms with van der Waals surface area (Å²) >= 11 is 0. The Kier molecular flexibility index (Phi) is 3.10. The van der Waals surface area contributed by atoms with Crippen molar-refractivity contribution in [1.29, 1.82) is 0 Å². The molecule has 0 bridgehead atoms. The molecule has 1 saturated heterocycles. The Bertz CT molecular complexity index is 316. The van der Waals surface area contributed by atoms with Gasteiger partial charge in [0.1, 0.15) is 0 Å². The first-order valence-electron chi connectivity index (χ1n) is 5.89. The topological polar surface area (TPSA) is 21.1 Å². The maximum Gasteiger partial charge on any atom is 0.0537 e. The fourth-order valence-electron chi connectivity index (χ4n) is 2.50. The fraction of sp³-hybridized carbons (Fsp3) is 0.750. The number of rotatable bonds is 3. The van der Waals surface area contributed by atoms with Crippen molar-refractivity contribution in [2.45, 2.75) is 32.7 Å². The van der Waals surface area contributed by atoms with Crippen molar-refractivity contribution in [3.8, 4) is 0 Å². The SMILES string of the molecule is CC(C)CN1CCC[C@@H]1c1cnn(C)c1. The summed E-state index contributed by atoms with van der Waals surface area (Å²) in [6, 6.07) is 0.612. The summed E-state index contributed by atoms with van der Waals surface area (Å²) in [6.07, 6.45) is 6.79. The highest BCUT2D eigenvalue weighted by molar-refractivity contribution is 5.12. The van der Waals surface area contributed by atoms with Crippen LogP contribution in [0.1, 0.15) is 38.3 Å². The molecule has 0 N–H and O–H groups in total. The lowest BCUT2D eigenvalue weighted by Crippen LogP contribution is -2.27. The lowest BCUT2D eigenvalue weighted by molar-refractivity contribution is 0.229. The molecule has 1 aliphatic rings. The lowest BCUT2D eigenvalue weighted by atomic mass is 10.1. The summed E-state index contributed by atoms with van der Waals surface area (Å²) in [5.74, 6) is 0.752.